The van der Waals surface area contributed by atoms with Crippen LogP contribution in [0.5, 0.6) is 0 Å². The summed E-state index contributed by atoms with van der Waals surface area (Å²) in [6.45, 7) is 0.802. The van der Waals surface area contributed by atoms with E-state index in [0.29, 0.717) is 0 Å². The van der Waals surface area contributed by atoms with Gasteiger partial charge in [0.05, 0.1) is 0 Å². The smallest absolute Gasteiger partial charge is 0.157 e. The van der Waals surface area contributed by atoms with Gasteiger partial charge < -0.3 is 4.57 Å². The molecule has 1 atom stereocenters. The first-order valence-electron chi connectivity index (χ1n) is 3.26. The van der Waals surface area contributed by atoms with Gasteiger partial charge in [0.1, 0.15) is 6.17 Å². The SMILES string of the molecule is O=CC1NCc2cccn21. The molecule has 0 spiro atoms. The molecule has 0 aliphatic carbocycles. The van der Waals surface area contributed by atoms with E-state index in [-0.39, 0.29) is 6.17 Å². The lowest BCUT2D eigenvalue weighted by Gasteiger charge is -2.02. The van der Waals surface area contributed by atoms with Crippen LogP contribution in [0.4, 0.5) is 0 Å². The highest BCUT2D eigenvalue weighted by molar-refractivity contribution is 5.56. The Morgan fingerprint density at radius 2 is 2.70 bits per heavy atom. The predicted octanol–water partition coefficient (Wildman–Crippen LogP) is 0.289. The zero-order valence-corrected chi connectivity index (χ0v) is 5.45. The Kier molecular flexibility index (Phi) is 1.11. The van der Waals surface area contributed by atoms with Gasteiger partial charge in [-0.15, -0.1) is 0 Å². The van der Waals surface area contributed by atoms with E-state index in [0.717, 1.165) is 12.8 Å². The third-order valence-corrected chi connectivity index (χ3v) is 1.79. The van der Waals surface area contributed by atoms with Crippen molar-refractivity contribution in [2.75, 3.05) is 0 Å². The molecular weight excluding hydrogens is 128 g/mol. The fourth-order valence-corrected chi connectivity index (χ4v) is 1.27. The molecule has 0 saturated carbocycles. The van der Waals surface area contributed by atoms with Gasteiger partial charge in [-0.05, 0) is 12.1 Å². The van der Waals surface area contributed by atoms with E-state index >= 15 is 0 Å². The molecule has 1 unspecified atom stereocenters. The van der Waals surface area contributed by atoms with Crippen molar-refractivity contribution in [3.05, 3.63) is 24.0 Å². The minimum atomic E-state index is -0.134. The molecule has 3 nitrogen and oxygen atoms in total. The second-order valence-corrected chi connectivity index (χ2v) is 2.37. The van der Waals surface area contributed by atoms with Gasteiger partial charge in [-0.25, -0.2) is 0 Å². The van der Waals surface area contributed by atoms with Crippen LogP contribution in [-0.4, -0.2) is 10.9 Å². The van der Waals surface area contributed by atoms with E-state index in [4.69, 9.17) is 0 Å². The maximum atomic E-state index is 10.4. The van der Waals surface area contributed by atoms with Crippen LogP contribution < -0.4 is 5.32 Å². The Balaban J connectivity index is 2.43. The largest absolute Gasteiger partial charge is 0.328 e. The summed E-state index contributed by atoms with van der Waals surface area (Å²) in [6, 6.07) is 3.96. The highest BCUT2D eigenvalue weighted by Crippen LogP contribution is 2.14. The van der Waals surface area contributed by atoms with E-state index < -0.39 is 0 Å². The molecule has 0 amide bonds. The zero-order chi connectivity index (χ0) is 6.97. The number of aromatic nitrogens is 1. The van der Waals surface area contributed by atoms with E-state index in [2.05, 4.69) is 5.32 Å². The Morgan fingerprint density at radius 1 is 1.80 bits per heavy atom. The van der Waals surface area contributed by atoms with Crippen molar-refractivity contribution in [1.82, 2.24) is 9.88 Å². The summed E-state index contributed by atoms with van der Waals surface area (Å²) >= 11 is 0. The van der Waals surface area contributed by atoms with Gasteiger partial charge in [-0.1, -0.05) is 0 Å². The van der Waals surface area contributed by atoms with Crippen molar-refractivity contribution in [3.63, 3.8) is 0 Å². The normalized spacial score (nSPS) is 22.6. The van der Waals surface area contributed by atoms with Crippen LogP contribution >= 0.6 is 0 Å². The number of rotatable bonds is 1. The molecule has 1 aliphatic heterocycles. The predicted molar refractivity (Wildman–Crippen MR) is 36.4 cm³/mol. The fraction of sp³-hybridized carbons (Fsp3) is 0.286. The van der Waals surface area contributed by atoms with Gasteiger partial charge >= 0.3 is 0 Å². The van der Waals surface area contributed by atoms with Crippen LogP contribution in [-0.2, 0) is 11.3 Å². The second-order valence-electron chi connectivity index (χ2n) is 2.37. The van der Waals surface area contributed by atoms with Crippen LogP contribution in [0.1, 0.15) is 11.9 Å². The van der Waals surface area contributed by atoms with Gasteiger partial charge in [0, 0.05) is 18.4 Å². The molecule has 0 saturated heterocycles. The van der Waals surface area contributed by atoms with Crippen molar-refractivity contribution in [1.29, 1.82) is 0 Å². The standard InChI is InChI=1S/C7H8N2O/c10-5-7-8-4-6-2-1-3-9(6)7/h1-3,5,7-8H,4H2. The van der Waals surface area contributed by atoms with Crippen molar-refractivity contribution in [2.45, 2.75) is 12.7 Å². The summed E-state index contributed by atoms with van der Waals surface area (Å²) in [5.41, 5.74) is 1.18. The molecule has 10 heavy (non-hydrogen) atoms. The lowest BCUT2D eigenvalue weighted by molar-refractivity contribution is -0.110. The summed E-state index contributed by atoms with van der Waals surface area (Å²) in [7, 11) is 0. The molecular formula is C7H8N2O. The number of hydrogen-bond acceptors (Lipinski definition) is 2. The molecule has 2 rings (SSSR count). The number of fused-ring (bicyclic) bond motifs is 1. The summed E-state index contributed by atoms with van der Waals surface area (Å²) < 4.78 is 1.94. The Bertz CT molecular complexity index is 254. The average Bonchev–Trinajstić information content (AvgIpc) is 2.44. The molecule has 1 aliphatic rings. The number of carbonyl (C=O) groups is 1. The summed E-state index contributed by atoms with van der Waals surface area (Å²) in [5, 5.41) is 3.05. The first-order chi connectivity index (χ1) is 4.92. The highest BCUT2D eigenvalue weighted by Gasteiger charge is 2.17. The van der Waals surface area contributed by atoms with Crippen molar-refractivity contribution >= 4 is 6.29 Å². The third kappa shape index (κ3) is 0.609. The molecule has 52 valence electrons. The molecule has 1 aromatic heterocycles. The molecule has 3 heteroatoms. The Hall–Kier alpha value is -1.09. The van der Waals surface area contributed by atoms with Gasteiger partial charge in [0.25, 0.3) is 0 Å². The maximum Gasteiger partial charge on any atom is 0.157 e. The van der Waals surface area contributed by atoms with E-state index in [1.54, 1.807) is 0 Å². The summed E-state index contributed by atoms with van der Waals surface area (Å²) in [6.07, 6.45) is 2.69. The lowest BCUT2D eigenvalue weighted by Crippen LogP contribution is -2.17. The molecule has 0 aromatic carbocycles. The van der Waals surface area contributed by atoms with Crippen LogP contribution in [0.2, 0.25) is 0 Å². The quantitative estimate of drug-likeness (QED) is 0.563. The van der Waals surface area contributed by atoms with E-state index in [1.807, 2.05) is 22.9 Å². The fourth-order valence-electron chi connectivity index (χ4n) is 1.27. The molecule has 0 radical (unpaired) electrons. The van der Waals surface area contributed by atoms with Crippen LogP contribution in [0, 0.1) is 0 Å². The van der Waals surface area contributed by atoms with Gasteiger partial charge in [-0.3, -0.25) is 10.1 Å². The minimum absolute atomic E-state index is 0.134. The summed E-state index contributed by atoms with van der Waals surface area (Å²) in [5.74, 6) is 0. The monoisotopic (exact) mass is 136 g/mol. The zero-order valence-electron chi connectivity index (χ0n) is 5.45. The van der Waals surface area contributed by atoms with Crippen molar-refractivity contribution in [3.8, 4) is 0 Å². The molecule has 1 aromatic rings. The number of aldehydes is 1. The van der Waals surface area contributed by atoms with Crippen LogP contribution in [0.3, 0.4) is 0 Å². The van der Waals surface area contributed by atoms with E-state index in [1.165, 1.54) is 5.69 Å². The van der Waals surface area contributed by atoms with E-state index in [9.17, 15) is 4.79 Å². The number of hydrogen-bond donors (Lipinski definition) is 1. The number of nitrogens with zero attached hydrogens (tertiary/aromatic N) is 1. The van der Waals surface area contributed by atoms with Crippen molar-refractivity contribution < 1.29 is 4.79 Å². The molecule has 2 heterocycles. The number of carbonyl (C=O) groups excluding carboxylic acids is 1. The van der Waals surface area contributed by atoms with Gasteiger partial charge in [0.15, 0.2) is 6.29 Å². The number of nitrogens with one attached hydrogen (secondary N) is 1. The minimum Gasteiger partial charge on any atom is -0.328 e. The Morgan fingerprint density at radius 3 is 3.50 bits per heavy atom. The Labute approximate surface area is 58.7 Å². The first-order valence-corrected chi connectivity index (χ1v) is 3.26. The molecule has 0 fully saturated rings. The third-order valence-electron chi connectivity index (χ3n) is 1.79. The average molecular weight is 136 g/mol. The lowest BCUT2D eigenvalue weighted by atomic mass is 10.4. The van der Waals surface area contributed by atoms with Crippen LogP contribution in [0.15, 0.2) is 18.3 Å². The van der Waals surface area contributed by atoms with Gasteiger partial charge in [-0.2, -0.15) is 0 Å². The topological polar surface area (TPSA) is 34.0 Å². The maximum absolute atomic E-state index is 10.4. The van der Waals surface area contributed by atoms with Crippen LogP contribution in [0.25, 0.3) is 0 Å². The first kappa shape index (κ1) is 5.68. The van der Waals surface area contributed by atoms with Gasteiger partial charge in [0.2, 0.25) is 0 Å². The second kappa shape index (κ2) is 1.95. The molecule has 0 bridgehead atoms. The molecule has 1 N–H and O–H groups in total. The highest BCUT2D eigenvalue weighted by atomic mass is 16.1. The summed E-state index contributed by atoms with van der Waals surface area (Å²) in [4.78, 5) is 10.4. The van der Waals surface area contributed by atoms with Crippen molar-refractivity contribution in [2.24, 2.45) is 0 Å².